The molecule has 1 aromatic rings. The van der Waals surface area contributed by atoms with Crippen LogP contribution in [0.15, 0.2) is 40.0 Å². The topological polar surface area (TPSA) is 110 Å². The van der Waals surface area contributed by atoms with Crippen molar-refractivity contribution in [2.45, 2.75) is 11.7 Å². The van der Waals surface area contributed by atoms with Crippen LogP contribution >= 0.6 is 15.9 Å². The van der Waals surface area contributed by atoms with Crippen molar-refractivity contribution >= 4 is 15.9 Å². The predicted molar refractivity (Wildman–Crippen MR) is 68.8 cm³/mol. The van der Waals surface area contributed by atoms with E-state index < -0.39 is 11.7 Å². The highest BCUT2D eigenvalue weighted by atomic mass is 79.9. The summed E-state index contributed by atoms with van der Waals surface area (Å²) in [5.41, 5.74) is 4.65. The third-order valence-electron chi connectivity index (χ3n) is 2.83. The molecule has 0 unspecified atom stereocenters. The summed E-state index contributed by atoms with van der Waals surface area (Å²) in [6, 6.07) is 12.5. The van der Waals surface area contributed by atoms with Gasteiger partial charge in [-0.3, -0.25) is 0 Å². The van der Waals surface area contributed by atoms with E-state index in [0.717, 1.165) is 10.0 Å². The first-order chi connectivity index (χ1) is 9.08. The fraction of sp³-hybridized carbons (Fsp3) is 0.154. The number of allylic oxidation sites excluding steroid dienone is 1. The fourth-order valence-corrected chi connectivity index (χ4v) is 2.22. The van der Waals surface area contributed by atoms with E-state index in [9.17, 15) is 5.26 Å². The number of halogens is 1. The van der Waals surface area contributed by atoms with Crippen molar-refractivity contribution in [3.8, 4) is 18.2 Å². The molecule has 0 aromatic heterocycles. The largest absolute Gasteiger partial charge is 0.397 e. The average molecular weight is 315 g/mol. The lowest BCUT2D eigenvalue weighted by Crippen LogP contribution is -2.22. The predicted octanol–water partition coefficient (Wildman–Crippen LogP) is 2.04. The number of benzene rings is 1. The molecule has 19 heavy (non-hydrogen) atoms. The van der Waals surface area contributed by atoms with Crippen LogP contribution in [-0.4, -0.2) is 5.60 Å². The number of rotatable bonds is 2. The Balaban J connectivity index is 2.43. The molecule has 1 fully saturated rings. The summed E-state index contributed by atoms with van der Waals surface area (Å²) in [7, 11) is 0. The zero-order valence-electron chi connectivity index (χ0n) is 9.59. The van der Waals surface area contributed by atoms with Gasteiger partial charge in [0.1, 0.15) is 24.3 Å². The highest BCUT2D eigenvalue weighted by molar-refractivity contribution is 9.10. The number of hydrogen-bond acceptors (Lipinski definition) is 5. The van der Waals surface area contributed by atoms with Crippen LogP contribution in [0.2, 0.25) is 0 Å². The van der Waals surface area contributed by atoms with E-state index in [0.29, 0.717) is 0 Å². The Hall–Kier alpha value is -2.33. The number of hydrogen-bond donors (Lipinski definition) is 1. The van der Waals surface area contributed by atoms with Gasteiger partial charge in [-0.25, -0.2) is 0 Å². The van der Waals surface area contributed by atoms with E-state index in [1.165, 1.54) is 0 Å². The molecule has 2 rings (SSSR count). The van der Waals surface area contributed by atoms with Gasteiger partial charge in [-0.15, -0.1) is 0 Å². The lowest BCUT2D eigenvalue weighted by Gasteiger charge is -2.04. The highest BCUT2D eigenvalue weighted by Crippen LogP contribution is 2.53. The molecule has 0 bridgehead atoms. The molecule has 92 valence electrons. The second kappa shape index (κ2) is 4.74. The summed E-state index contributed by atoms with van der Waals surface area (Å²) in [5.74, 6) is 0. The molecule has 1 aliphatic heterocycles. The van der Waals surface area contributed by atoms with E-state index in [-0.39, 0.29) is 11.3 Å². The normalized spacial score (nSPS) is 23.6. The molecular weight excluding hydrogens is 308 g/mol. The summed E-state index contributed by atoms with van der Waals surface area (Å²) in [5, 5.41) is 26.9. The van der Waals surface area contributed by atoms with Gasteiger partial charge in [-0.05, 0) is 17.7 Å². The lowest BCUT2D eigenvalue weighted by atomic mass is 9.95. The van der Waals surface area contributed by atoms with Gasteiger partial charge in [0, 0.05) is 4.47 Å². The Bertz CT molecular complexity index is 676. The summed E-state index contributed by atoms with van der Waals surface area (Å²) in [6.07, 6.45) is -0.563. The molecule has 0 saturated carbocycles. The second-order valence-electron chi connectivity index (χ2n) is 3.91. The highest BCUT2D eigenvalue weighted by Gasteiger charge is 2.61. The molecule has 1 heterocycles. The molecule has 0 spiro atoms. The number of ether oxygens (including phenoxy) is 1. The zero-order chi connectivity index (χ0) is 14.0. The molecule has 0 amide bonds. The summed E-state index contributed by atoms with van der Waals surface area (Å²) < 4.78 is 6.22. The van der Waals surface area contributed by atoms with Crippen molar-refractivity contribution in [3.63, 3.8) is 0 Å². The van der Waals surface area contributed by atoms with Gasteiger partial charge >= 0.3 is 0 Å². The number of nitriles is 3. The fourth-order valence-electron chi connectivity index (χ4n) is 1.81. The first kappa shape index (κ1) is 13.1. The zero-order valence-corrected chi connectivity index (χ0v) is 11.2. The Morgan fingerprint density at radius 2 is 2.00 bits per heavy atom. The van der Waals surface area contributed by atoms with Crippen molar-refractivity contribution < 1.29 is 4.74 Å². The SMILES string of the molecule is N#CC(C#N)=C(N)[C@]1(C#N)O[C@H]1c1cccc(Br)c1. The van der Waals surface area contributed by atoms with Crippen LogP contribution in [0.25, 0.3) is 0 Å². The van der Waals surface area contributed by atoms with E-state index >= 15 is 0 Å². The molecule has 2 N–H and O–H groups in total. The smallest absolute Gasteiger partial charge is 0.227 e. The first-order valence-corrected chi connectivity index (χ1v) is 6.03. The van der Waals surface area contributed by atoms with Crippen LogP contribution < -0.4 is 5.73 Å². The number of nitrogens with two attached hydrogens (primary N) is 1. The Kier molecular flexibility index (Phi) is 3.27. The van der Waals surface area contributed by atoms with E-state index in [1.807, 2.05) is 12.1 Å². The standard InChI is InChI=1S/C13H7BrN4O/c14-10-3-1-2-8(4-10)12-13(7-17,19-12)11(18)9(5-15)6-16/h1-4,12H,18H2/t12-,13-/m0/s1. The molecule has 2 atom stereocenters. The monoisotopic (exact) mass is 314 g/mol. The maximum Gasteiger partial charge on any atom is 0.227 e. The maximum absolute atomic E-state index is 9.25. The van der Waals surface area contributed by atoms with Crippen molar-refractivity contribution in [1.29, 1.82) is 15.8 Å². The average Bonchev–Trinajstić information content (AvgIpc) is 3.16. The van der Waals surface area contributed by atoms with Gasteiger partial charge in [0.15, 0.2) is 5.57 Å². The van der Waals surface area contributed by atoms with Gasteiger partial charge in [-0.1, -0.05) is 28.1 Å². The van der Waals surface area contributed by atoms with Crippen LogP contribution in [0.3, 0.4) is 0 Å². The molecule has 1 saturated heterocycles. The molecule has 0 aliphatic carbocycles. The van der Waals surface area contributed by atoms with Crippen LogP contribution in [0.4, 0.5) is 0 Å². The molecule has 5 nitrogen and oxygen atoms in total. The summed E-state index contributed by atoms with van der Waals surface area (Å²) in [4.78, 5) is 0. The Morgan fingerprint density at radius 3 is 2.53 bits per heavy atom. The van der Waals surface area contributed by atoms with Crippen LogP contribution in [0.1, 0.15) is 11.7 Å². The van der Waals surface area contributed by atoms with E-state index in [2.05, 4.69) is 15.9 Å². The van der Waals surface area contributed by atoms with Gasteiger partial charge < -0.3 is 10.5 Å². The minimum absolute atomic E-state index is 0.134. The molecule has 6 heteroatoms. The molecule has 1 aliphatic rings. The van der Waals surface area contributed by atoms with Gasteiger partial charge in [-0.2, -0.15) is 15.8 Å². The lowest BCUT2D eigenvalue weighted by molar-refractivity contribution is 0.356. The summed E-state index contributed by atoms with van der Waals surface area (Å²) >= 11 is 3.32. The second-order valence-corrected chi connectivity index (χ2v) is 4.83. The first-order valence-electron chi connectivity index (χ1n) is 5.24. The number of epoxide rings is 1. The minimum Gasteiger partial charge on any atom is -0.397 e. The molecule has 1 aromatic carbocycles. The third kappa shape index (κ3) is 2.06. The maximum atomic E-state index is 9.25. The van der Waals surface area contributed by atoms with Crippen LogP contribution in [0, 0.1) is 34.0 Å². The van der Waals surface area contributed by atoms with Gasteiger partial charge in [0.2, 0.25) is 5.60 Å². The Morgan fingerprint density at radius 1 is 1.32 bits per heavy atom. The molecular formula is C13H7BrN4O. The van der Waals surface area contributed by atoms with Crippen molar-refractivity contribution in [3.05, 3.63) is 45.6 Å². The quantitative estimate of drug-likeness (QED) is 0.663. The number of nitrogens with zero attached hydrogens (tertiary/aromatic N) is 3. The van der Waals surface area contributed by atoms with E-state index in [4.69, 9.17) is 21.0 Å². The van der Waals surface area contributed by atoms with Gasteiger partial charge in [0.25, 0.3) is 0 Å². The van der Waals surface area contributed by atoms with Crippen molar-refractivity contribution in [2.75, 3.05) is 0 Å². The van der Waals surface area contributed by atoms with Gasteiger partial charge in [0.05, 0.1) is 5.70 Å². The van der Waals surface area contributed by atoms with Crippen LogP contribution in [0.5, 0.6) is 0 Å². The third-order valence-corrected chi connectivity index (χ3v) is 3.32. The minimum atomic E-state index is -1.42. The van der Waals surface area contributed by atoms with Crippen LogP contribution in [-0.2, 0) is 4.74 Å². The van der Waals surface area contributed by atoms with Crippen molar-refractivity contribution in [1.82, 2.24) is 0 Å². The molecule has 0 radical (unpaired) electrons. The van der Waals surface area contributed by atoms with E-state index in [1.54, 1.807) is 30.3 Å². The van der Waals surface area contributed by atoms with Crippen molar-refractivity contribution in [2.24, 2.45) is 5.73 Å². The Labute approximate surface area is 118 Å². The summed E-state index contributed by atoms with van der Waals surface area (Å²) in [6.45, 7) is 0.